The van der Waals surface area contributed by atoms with Crippen molar-refractivity contribution in [2.24, 2.45) is 7.05 Å². The number of aromatic carboxylic acids is 1. The van der Waals surface area contributed by atoms with Crippen molar-refractivity contribution in [2.75, 3.05) is 0 Å². The molecule has 7 heteroatoms. The topological polar surface area (TPSA) is 98.3 Å². The van der Waals surface area contributed by atoms with Crippen molar-refractivity contribution in [3.63, 3.8) is 0 Å². The number of carboxylic acid groups (broad SMARTS) is 1. The van der Waals surface area contributed by atoms with Crippen molar-refractivity contribution >= 4 is 11.7 Å². The Labute approximate surface area is 66.4 Å². The van der Waals surface area contributed by atoms with Gasteiger partial charge in [-0.3, -0.25) is 14.8 Å². The highest BCUT2D eigenvalue weighted by Gasteiger charge is 2.24. The summed E-state index contributed by atoms with van der Waals surface area (Å²) in [5.41, 5.74) is -0.912. The molecule has 0 saturated heterocycles. The van der Waals surface area contributed by atoms with Crippen LogP contribution in [0, 0.1) is 10.1 Å². The molecule has 7 nitrogen and oxygen atoms in total. The van der Waals surface area contributed by atoms with Crippen LogP contribution in [0.1, 0.15) is 10.5 Å². The molecule has 0 spiro atoms. The summed E-state index contributed by atoms with van der Waals surface area (Å²) in [5, 5.41) is 22.2. The summed E-state index contributed by atoms with van der Waals surface area (Å²) >= 11 is 0. The van der Waals surface area contributed by atoms with Gasteiger partial charge in [0.2, 0.25) is 5.69 Å². The van der Waals surface area contributed by atoms with Crippen LogP contribution in [-0.2, 0) is 7.05 Å². The van der Waals surface area contributed by atoms with E-state index in [2.05, 4.69) is 5.10 Å². The van der Waals surface area contributed by atoms with Gasteiger partial charge in [0.15, 0.2) is 0 Å². The normalized spacial score (nSPS) is 9.75. The second kappa shape index (κ2) is 2.61. The highest BCUT2D eigenvalue weighted by atomic mass is 16.6. The van der Waals surface area contributed by atoms with Crippen molar-refractivity contribution in [1.29, 1.82) is 0 Å². The summed E-state index contributed by atoms with van der Waals surface area (Å²) in [6, 6.07) is 0. The molecule has 0 bridgehead atoms. The van der Waals surface area contributed by atoms with Crippen LogP contribution in [0.25, 0.3) is 0 Å². The summed E-state index contributed by atoms with van der Waals surface area (Å²) in [6.45, 7) is 0. The molecule has 0 aromatic carbocycles. The van der Waals surface area contributed by atoms with E-state index in [-0.39, 0.29) is 0 Å². The van der Waals surface area contributed by atoms with Crippen molar-refractivity contribution < 1.29 is 14.8 Å². The van der Waals surface area contributed by atoms with Crippen LogP contribution in [0.15, 0.2) is 6.20 Å². The first-order valence-corrected chi connectivity index (χ1v) is 2.93. The molecule has 0 radical (unpaired) electrons. The third-order valence-electron chi connectivity index (χ3n) is 1.32. The highest BCUT2D eigenvalue weighted by Crippen LogP contribution is 2.15. The molecule has 0 fully saturated rings. The Bertz CT molecular complexity index is 342. The standard InChI is InChI=1S/C5H5N3O4/c1-7-4(5(9)10)3(2-6-7)8(11)12/h2H,1H3,(H,9,10). The van der Waals surface area contributed by atoms with E-state index in [1.165, 1.54) is 7.05 Å². The van der Waals surface area contributed by atoms with Crippen LogP contribution in [-0.4, -0.2) is 25.8 Å². The minimum Gasteiger partial charge on any atom is -0.476 e. The monoisotopic (exact) mass is 171 g/mol. The molecule has 0 saturated carbocycles. The number of nitrogens with zero attached hydrogens (tertiary/aromatic N) is 3. The first-order valence-electron chi connectivity index (χ1n) is 2.93. The van der Waals surface area contributed by atoms with Gasteiger partial charge in [-0.25, -0.2) is 4.79 Å². The molecule has 1 aromatic heterocycles. The molecular weight excluding hydrogens is 166 g/mol. The third-order valence-corrected chi connectivity index (χ3v) is 1.32. The van der Waals surface area contributed by atoms with Gasteiger partial charge in [-0.2, -0.15) is 5.10 Å². The lowest BCUT2D eigenvalue weighted by molar-refractivity contribution is -0.385. The fraction of sp³-hybridized carbons (Fsp3) is 0.200. The van der Waals surface area contributed by atoms with Crippen LogP contribution < -0.4 is 0 Å². The minimum atomic E-state index is -1.36. The average molecular weight is 171 g/mol. The van der Waals surface area contributed by atoms with Gasteiger partial charge in [-0.1, -0.05) is 0 Å². The SMILES string of the molecule is Cn1ncc([N+](=O)[O-])c1C(=O)O. The number of carbonyl (C=O) groups is 1. The van der Waals surface area contributed by atoms with Crippen molar-refractivity contribution in [3.05, 3.63) is 22.0 Å². The number of nitro groups is 1. The minimum absolute atomic E-state index is 0.417. The van der Waals surface area contributed by atoms with E-state index in [1.807, 2.05) is 0 Å². The van der Waals surface area contributed by atoms with E-state index in [0.717, 1.165) is 10.9 Å². The molecule has 0 atom stereocenters. The zero-order valence-electron chi connectivity index (χ0n) is 6.09. The van der Waals surface area contributed by atoms with E-state index < -0.39 is 22.3 Å². The predicted molar refractivity (Wildman–Crippen MR) is 36.8 cm³/mol. The highest BCUT2D eigenvalue weighted by molar-refractivity contribution is 5.90. The Balaban J connectivity index is 3.31. The lowest BCUT2D eigenvalue weighted by Crippen LogP contribution is -2.07. The summed E-state index contributed by atoms with van der Waals surface area (Å²) in [7, 11) is 1.33. The Morgan fingerprint density at radius 1 is 1.83 bits per heavy atom. The zero-order chi connectivity index (χ0) is 9.30. The Morgan fingerprint density at radius 3 is 2.75 bits per heavy atom. The van der Waals surface area contributed by atoms with Crippen LogP contribution >= 0.6 is 0 Å². The van der Waals surface area contributed by atoms with Crippen LogP contribution in [0.2, 0.25) is 0 Å². The molecule has 0 unspecified atom stereocenters. The van der Waals surface area contributed by atoms with E-state index in [4.69, 9.17) is 5.11 Å². The number of aromatic nitrogens is 2. The Morgan fingerprint density at radius 2 is 2.42 bits per heavy atom. The summed E-state index contributed by atoms with van der Waals surface area (Å²) < 4.78 is 0.945. The lowest BCUT2D eigenvalue weighted by atomic mass is 10.4. The number of hydrogen-bond acceptors (Lipinski definition) is 4. The van der Waals surface area contributed by atoms with Gasteiger partial charge in [-0.15, -0.1) is 0 Å². The van der Waals surface area contributed by atoms with Gasteiger partial charge in [0.25, 0.3) is 0 Å². The maximum atomic E-state index is 10.4. The van der Waals surface area contributed by atoms with Crippen LogP contribution in [0.3, 0.4) is 0 Å². The summed E-state index contributed by atoms with van der Waals surface area (Å²) in [6.07, 6.45) is 0.906. The molecule has 0 aliphatic heterocycles. The first kappa shape index (κ1) is 8.18. The van der Waals surface area contributed by atoms with Gasteiger partial charge in [0, 0.05) is 7.05 Å². The fourth-order valence-electron chi connectivity index (χ4n) is 0.808. The average Bonchev–Trinajstić information content (AvgIpc) is 2.30. The van der Waals surface area contributed by atoms with Crippen molar-refractivity contribution in [2.45, 2.75) is 0 Å². The predicted octanol–water partition coefficient (Wildman–Crippen LogP) is 0.0265. The zero-order valence-corrected chi connectivity index (χ0v) is 6.09. The molecule has 1 aromatic rings. The molecule has 0 aliphatic rings. The number of hydrogen-bond donors (Lipinski definition) is 1. The van der Waals surface area contributed by atoms with Crippen LogP contribution in [0.4, 0.5) is 5.69 Å². The van der Waals surface area contributed by atoms with Crippen LogP contribution in [0.5, 0.6) is 0 Å². The van der Waals surface area contributed by atoms with Crippen molar-refractivity contribution in [3.8, 4) is 0 Å². The van der Waals surface area contributed by atoms with E-state index in [0.29, 0.717) is 0 Å². The fourth-order valence-corrected chi connectivity index (χ4v) is 0.808. The van der Waals surface area contributed by atoms with E-state index in [9.17, 15) is 14.9 Å². The third kappa shape index (κ3) is 1.11. The molecule has 64 valence electrons. The quantitative estimate of drug-likeness (QED) is 0.499. The molecule has 0 aliphatic carbocycles. The van der Waals surface area contributed by atoms with E-state index in [1.54, 1.807) is 0 Å². The second-order valence-electron chi connectivity index (χ2n) is 2.06. The molecular formula is C5H5N3O4. The summed E-state index contributed by atoms with van der Waals surface area (Å²) in [4.78, 5) is 19.9. The molecule has 1 rings (SSSR count). The maximum Gasteiger partial charge on any atom is 0.361 e. The summed E-state index contributed by atoms with van der Waals surface area (Å²) in [5.74, 6) is -1.36. The van der Waals surface area contributed by atoms with Gasteiger partial charge in [-0.05, 0) is 0 Å². The smallest absolute Gasteiger partial charge is 0.361 e. The first-order chi connectivity index (χ1) is 5.54. The molecule has 12 heavy (non-hydrogen) atoms. The Kier molecular flexibility index (Phi) is 1.78. The Hall–Kier alpha value is -1.92. The molecule has 1 N–H and O–H groups in total. The lowest BCUT2D eigenvalue weighted by Gasteiger charge is -1.92. The number of aryl methyl sites for hydroxylation is 1. The maximum absolute atomic E-state index is 10.4. The molecule has 0 amide bonds. The van der Waals surface area contributed by atoms with Gasteiger partial charge in [0.05, 0.1) is 4.92 Å². The number of rotatable bonds is 2. The molecule has 1 heterocycles. The van der Waals surface area contributed by atoms with Crippen molar-refractivity contribution in [1.82, 2.24) is 9.78 Å². The van der Waals surface area contributed by atoms with Gasteiger partial charge < -0.3 is 5.11 Å². The second-order valence-corrected chi connectivity index (χ2v) is 2.06. The van der Waals surface area contributed by atoms with Gasteiger partial charge >= 0.3 is 11.7 Å². The van der Waals surface area contributed by atoms with E-state index >= 15 is 0 Å². The number of carboxylic acids is 1. The largest absolute Gasteiger partial charge is 0.476 e. The van der Waals surface area contributed by atoms with Gasteiger partial charge in [0.1, 0.15) is 6.20 Å².